The van der Waals surface area contributed by atoms with E-state index in [1.54, 1.807) is 23.1 Å². The second-order valence-corrected chi connectivity index (χ2v) is 6.38. The maximum absolute atomic E-state index is 12.1. The van der Waals surface area contributed by atoms with Gasteiger partial charge in [0.1, 0.15) is 0 Å². The molecule has 1 amide bonds. The van der Waals surface area contributed by atoms with Gasteiger partial charge >= 0.3 is 12.1 Å². The number of unbranched alkanes of at least 4 members (excludes halogenated alkanes) is 1. The zero-order valence-electron chi connectivity index (χ0n) is 14.3. The number of rotatable bonds is 8. The molecular formula is C19H22F3NO3. The molecule has 7 heteroatoms. The first kappa shape index (κ1) is 20.0. The molecule has 0 saturated carbocycles. The Hall–Kier alpha value is -2.31. The number of alkyl halides is 3. The quantitative estimate of drug-likeness (QED) is 0.552. The largest absolute Gasteiger partial charge is 0.478 e. The molecule has 4 nitrogen and oxygen atoms in total. The van der Waals surface area contributed by atoms with Gasteiger partial charge < -0.3 is 10.0 Å². The number of aromatic carboxylic acids is 1. The number of hydrogen-bond donors (Lipinski definition) is 1. The summed E-state index contributed by atoms with van der Waals surface area (Å²) >= 11 is 0. The van der Waals surface area contributed by atoms with Crippen LogP contribution < -0.4 is 0 Å². The van der Waals surface area contributed by atoms with Crippen LogP contribution in [0.5, 0.6) is 0 Å². The fraction of sp³-hybridized carbons (Fsp3) is 0.474. The number of allylic oxidation sites excluding steroid dienone is 1. The lowest BCUT2D eigenvalue weighted by Gasteiger charge is -2.22. The lowest BCUT2D eigenvalue weighted by Crippen LogP contribution is -2.33. The first-order valence-electron chi connectivity index (χ1n) is 8.61. The lowest BCUT2D eigenvalue weighted by molar-refractivity contribution is -0.135. The number of halogens is 3. The van der Waals surface area contributed by atoms with Crippen molar-refractivity contribution in [3.63, 3.8) is 0 Å². The van der Waals surface area contributed by atoms with E-state index < -0.39 is 18.6 Å². The lowest BCUT2D eigenvalue weighted by atomic mass is 10.1. The Morgan fingerprint density at radius 1 is 1.27 bits per heavy atom. The summed E-state index contributed by atoms with van der Waals surface area (Å²) in [5.74, 6) is -0.945. The highest BCUT2D eigenvalue weighted by Gasteiger charge is 2.29. The smallest absolute Gasteiger partial charge is 0.389 e. The van der Waals surface area contributed by atoms with E-state index in [-0.39, 0.29) is 23.9 Å². The highest BCUT2D eigenvalue weighted by Crippen LogP contribution is 2.23. The Morgan fingerprint density at radius 3 is 2.58 bits per heavy atom. The van der Waals surface area contributed by atoms with E-state index in [2.05, 4.69) is 0 Å². The molecule has 26 heavy (non-hydrogen) atoms. The standard InChI is InChI=1S/C19H22F3NO3/c20-19(21,22)12-3-1-2-4-16-9-10-17(24)23(16)13-11-14-5-7-15(8-6-14)18(25)26/h2,4-8,16H,1,3,9-13H2,(H,25,26)/b4-2+. The molecule has 1 aromatic carbocycles. The summed E-state index contributed by atoms with van der Waals surface area (Å²) in [7, 11) is 0. The minimum absolute atomic E-state index is 0.0390. The second kappa shape index (κ2) is 8.87. The summed E-state index contributed by atoms with van der Waals surface area (Å²) < 4.78 is 36.4. The number of likely N-dealkylation sites (tertiary alicyclic amines) is 1. The molecule has 0 aromatic heterocycles. The average molecular weight is 369 g/mol. The predicted molar refractivity (Wildman–Crippen MR) is 90.9 cm³/mol. The molecule has 1 fully saturated rings. The van der Waals surface area contributed by atoms with E-state index in [1.165, 1.54) is 12.1 Å². The van der Waals surface area contributed by atoms with Crippen LogP contribution in [-0.4, -0.2) is 40.6 Å². The van der Waals surface area contributed by atoms with Gasteiger partial charge in [-0.1, -0.05) is 24.3 Å². The van der Waals surface area contributed by atoms with Crippen LogP contribution in [0.2, 0.25) is 0 Å². The summed E-state index contributed by atoms with van der Waals surface area (Å²) in [6.07, 6.45) is 0.742. The van der Waals surface area contributed by atoms with Crippen molar-refractivity contribution in [3.8, 4) is 0 Å². The van der Waals surface area contributed by atoms with E-state index in [4.69, 9.17) is 5.11 Å². The van der Waals surface area contributed by atoms with Gasteiger partial charge in [-0.3, -0.25) is 4.79 Å². The van der Waals surface area contributed by atoms with Crippen LogP contribution in [0.4, 0.5) is 13.2 Å². The van der Waals surface area contributed by atoms with Gasteiger partial charge in [-0.2, -0.15) is 13.2 Å². The third kappa shape index (κ3) is 6.20. The van der Waals surface area contributed by atoms with Crippen molar-refractivity contribution in [2.24, 2.45) is 0 Å². The van der Waals surface area contributed by atoms with Crippen molar-refractivity contribution in [1.29, 1.82) is 0 Å². The molecule has 1 atom stereocenters. The molecule has 1 aliphatic heterocycles. The molecule has 1 aromatic rings. The van der Waals surface area contributed by atoms with Crippen molar-refractivity contribution in [2.75, 3.05) is 6.54 Å². The number of hydrogen-bond acceptors (Lipinski definition) is 2. The van der Waals surface area contributed by atoms with Gasteiger partial charge in [-0.15, -0.1) is 0 Å². The minimum atomic E-state index is -4.13. The molecule has 0 radical (unpaired) electrons. The summed E-state index contributed by atoms with van der Waals surface area (Å²) in [5.41, 5.74) is 1.15. The minimum Gasteiger partial charge on any atom is -0.478 e. The van der Waals surface area contributed by atoms with Gasteiger partial charge in [0.25, 0.3) is 0 Å². The van der Waals surface area contributed by atoms with Crippen LogP contribution in [0.15, 0.2) is 36.4 Å². The van der Waals surface area contributed by atoms with Crippen molar-refractivity contribution in [1.82, 2.24) is 4.90 Å². The number of nitrogens with zero attached hydrogens (tertiary/aromatic N) is 1. The molecule has 1 aliphatic rings. The molecule has 0 bridgehead atoms. The molecule has 2 rings (SSSR count). The third-order valence-corrected chi connectivity index (χ3v) is 4.41. The van der Waals surface area contributed by atoms with Crippen molar-refractivity contribution < 1.29 is 27.9 Å². The molecule has 1 heterocycles. The highest BCUT2D eigenvalue weighted by atomic mass is 19.4. The first-order chi connectivity index (χ1) is 12.3. The van der Waals surface area contributed by atoms with Gasteiger partial charge in [-0.25, -0.2) is 4.79 Å². The Balaban J connectivity index is 1.84. The topological polar surface area (TPSA) is 57.6 Å². The van der Waals surface area contributed by atoms with E-state index in [0.29, 0.717) is 32.2 Å². The molecule has 0 aliphatic carbocycles. The fourth-order valence-corrected chi connectivity index (χ4v) is 2.98. The van der Waals surface area contributed by atoms with E-state index in [9.17, 15) is 22.8 Å². The average Bonchev–Trinajstić information content (AvgIpc) is 2.92. The number of carbonyl (C=O) groups is 2. The van der Waals surface area contributed by atoms with Crippen LogP contribution in [0.25, 0.3) is 0 Å². The molecule has 142 valence electrons. The van der Waals surface area contributed by atoms with Gasteiger partial charge in [0, 0.05) is 19.4 Å². The number of carbonyl (C=O) groups excluding carboxylic acids is 1. The first-order valence-corrected chi connectivity index (χ1v) is 8.61. The molecule has 1 unspecified atom stereocenters. The van der Waals surface area contributed by atoms with Crippen molar-refractivity contribution in [3.05, 3.63) is 47.5 Å². The zero-order valence-corrected chi connectivity index (χ0v) is 14.3. The van der Waals surface area contributed by atoms with E-state index in [0.717, 1.165) is 5.56 Å². The van der Waals surface area contributed by atoms with Gasteiger partial charge in [0.2, 0.25) is 5.91 Å². The van der Waals surface area contributed by atoms with Gasteiger partial charge in [0.05, 0.1) is 11.6 Å². The maximum atomic E-state index is 12.1. The van der Waals surface area contributed by atoms with Crippen LogP contribution in [0.3, 0.4) is 0 Å². The third-order valence-electron chi connectivity index (χ3n) is 4.41. The predicted octanol–water partition coefficient (Wildman–Crippen LogP) is 4.21. The molecule has 1 saturated heterocycles. The SMILES string of the molecule is O=C(O)c1ccc(CCN2C(=O)CCC2/C=C/CCCC(F)(F)F)cc1. The number of benzene rings is 1. The van der Waals surface area contributed by atoms with Crippen molar-refractivity contribution in [2.45, 2.75) is 50.7 Å². The Morgan fingerprint density at radius 2 is 1.96 bits per heavy atom. The fourth-order valence-electron chi connectivity index (χ4n) is 2.98. The highest BCUT2D eigenvalue weighted by molar-refractivity contribution is 5.87. The second-order valence-electron chi connectivity index (χ2n) is 6.38. The molecular weight excluding hydrogens is 347 g/mol. The number of carboxylic acid groups (broad SMARTS) is 1. The Bertz CT molecular complexity index is 653. The van der Waals surface area contributed by atoms with Gasteiger partial charge in [-0.05, 0) is 43.4 Å². The van der Waals surface area contributed by atoms with Gasteiger partial charge in [0.15, 0.2) is 0 Å². The Kier molecular flexibility index (Phi) is 6.83. The van der Waals surface area contributed by atoms with E-state index in [1.807, 2.05) is 6.08 Å². The van der Waals surface area contributed by atoms with Crippen molar-refractivity contribution >= 4 is 11.9 Å². The summed E-state index contributed by atoms with van der Waals surface area (Å²) in [5, 5.41) is 8.89. The number of amides is 1. The monoisotopic (exact) mass is 369 g/mol. The summed E-state index contributed by atoms with van der Waals surface area (Å²) in [6, 6.07) is 6.44. The zero-order chi connectivity index (χ0) is 19.2. The van der Waals surface area contributed by atoms with Crippen LogP contribution in [-0.2, 0) is 11.2 Å². The Labute approximate surface area is 150 Å². The van der Waals surface area contributed by atoms with Crippen LogP contribution in [0.1, 0.15) is 48.0 Å². The normalized spacial score (nSPS) is 18.0. The van der Waals surface area contributed by atoms with Crippen LogP contribution >= 0.6 is 0 Å². The summed E-state index contributed by atoms with van der Waals surface area (Å²) in [4.78, 5) is 24.6. The molecule has 0 spiro atoms. The molecule has 1 N–H and O–H groups in total. The summed E-state index contributed by atoms with van der Waals surface area (Å²) in [6.45, 7) is 0.503. The van der Waals surface area contributed by atoms with Crippen LogP contribution in [0, 0.1) is 0 Å². The van der Waals surface area contributed by atoms with E-state index >= 15 is 0 Å². The maximum Gasteiger partial charge on any atom is 0.389 e. The number of carboxylic acids is 1.